The van der Waals surface area contributed by atoms with Crippen LogP contribution in [0.5, 0.6) is 0 Å². The quantitative estimate of drug-likeness (QED) is 0.387. The van der Waals surface area contributed by atoms with Gasteiger partial charge >= 0.3 is 0 Å². The summed E-state index contributed by atoms with van der Waals surface area (Å²) < 4.78 is 5.38. The average molecular weight is 389 g/mol. The van der Waals surface area contributed by atoms with E-state index in [0.717, 1.165) is 69.0 Å². The molecule has 1 aromatic rings. The smallest absolute Gasteiger partial charge is 0.225 e. The SMILES string of the molecule is C=C(C)CN=C(NCCc1ccco1)NC1CCN(C(=O)C(CC)CC)CC1. The van der Waals surface area contributed by atoms with Gasteiger partial charge in [-0.15, -0.1) is 0 Å². The zero-order chi connectivity index (χ0) is 20.4. The summed E-state index contributed by atoms with van der Waals surface area (Å²) in [4.78, 5) is 19.2. The second-order valence-corrected chi connectivity index (χ2v) is 7.64. The van der Waals surface area contributed by atoms with Gasteiger partial charge in [0.2, 0.25) is 5.91 Å². The number of furan rings is 1. The molecule has 0 aromatic carbocycles. The van der Waals surface area contributed by atoms with E-state index in [1.165, 1.54) is 0 Å². The van der Waals surface area contributed by atoms with Crippen molar-refractivity contribution in [3.05, 3.63) is 36.3 Å². The van der Waals surface area contributed by atoms with Crippen molar-refractivity contribution >= 4 is 11.9 Å². The lowest BCUT2D eigenvalue weighted by Crippen LogP contribution is -2.51. The lowest BCUT2D eigenvalue weighted by molar-refractivity contribution is -0.136. The number of piperidine rings is 1. The van der Waals surface area contributed by atoms with Crippen LogP contribution in [0.2, 0.25) is 0 Å². The summed E-state index contributed by atoms with van der Waals surface area (Å²) in [6.07, 6.45) is 6.23. The topological polar surface area (TPSA) is 69.9 Å². The van der Waals surface area contributed by atoms with Crippen LogP contribution in [0.4, 0.5) is 0 Å². The van der Waals surface area contributed by atoms with Crippen LogP contribution < -0.4 is 10.6 Å². The van der Waals surface area contributed by atoms with Gasteiger partial charge < -0.3 is 20.0 Å². The molecule has 2 heterocycles. The molecule has 2 rings (SSSR count). The third-order valence-corrected chi connectivity index (χ3v) is 5.23. The second kappa shape index (κ2) is 11.6. The number of nitrogens with one attached hydrogen (secondary N) is 2. The third kappa shape index (κ3) is 7.06. The Kier molecular flexibility index (Phi) is 9.11. The first-order valence-electron chi connectivity index (χ1n) is 10.5. The molecule has 1 aliphatic rings. The van der Waals surface area contributed by atoms with Gasteiger partial charge in [-0.25, -0.2) is 4.99 Å². The van der Waals surface area contributed by atoms with Crippen LogP contribution >= 0.6 is 0 Å². The second-order valence-electron chi connectivity index (χ2n) is 7.64. The molecule has 2 N–H and O–H groups in total. The van der Waals surface area contributed by atoms with Crippen LogP contribution in [-0.4, -0.2) is 49.0 Å². The van der Waals surface area contributed by atoms with Crippen molar-refractivity contribution in [3.63, 3.8) is 0 Å². The zero-order valence-corrected chi connectivity index (χ0v) is 17.7. The van der Waals surface area contributed by atoms with Gasteiger partial charge in [-0.3, -0.25) is 4.79 Å². The normalized spacial score (nSPS) is 15.7. The summed E-state index contributed by atoms with van der Waals surface area (Å²) >= 11 is 0. The lowest BCUT2D eigenvalue weighted by Gasteiger charge is -2.35. The summed E-state index contributed by atoms with van der Waals surface area (Å²) in [5.74, 6) is 2.25. The van der Waals surface area contributed by atoms with Crippen LogP contribution in [-0.2, 0) is 11.2 Å². The lowest BCUT2D eigenvalue weighted by atomic mass is 9.98. The van der Waals surface area contributed by atoms with E-state index in [1.54, 1.807) is 6.26 Å². The molecule has 1 amide bonds. The van der Waals surface area contributed by atoms with E-state index in [1.807, 2.05) is 24.0 Å². The molecule has 156 valence electrons. The van der Waals surface area contributed by atoms with Crippen LogP contribution in [0.15, 0.2) is 40.0 Å². The number of likely N-dealkylation sites (tertiary alicyclic amines) is 1. The molecule has 6 heteroatoms. The number of nitrogens with zero attached hydrogens (tertiary/aromatic N) is 2. The van der Waals surface area contributed by atoms with Gasteiger partial charge in [0, 0.05) is 38.0 Å². The maximum absolute atomic E-state index is 12.6. The maximum atomic E-state index is 12.6. The number of carbonyl (C=O) groups excluding carboxylic acids is 1. The molecule has 0 atom stereocenters. The standard InChI is InChI=1S/C22H36N4O2/c1-5-18(6-2)21(27)26-13-10-19(11-14-26)25-22(24-16-17(3)4)23-12-9-20-8-7-15-28-20/h7-8,15,18-19H,3,5-6,9-14,16H2,1-2,4H3,(H2,23,24,25). The Balaban J connectivity index is 1.83. The predicted molar refractivity (Wildman–Crippen MR) is 114 cm³/mol. The number of rotatable bonds is 9. The first kappa shape index (κ1) is 22.1. The number of carbonyl (C=O) groups is 1. The van der Waals surface area contributed by atoms with Crippen molar-refractivity contribution < 1.29 is 9.21 Å². The summed E-state index contributed by atoms with van der Waals surface area (Å²) in [7, 11) is 0. The van der Waals surface area contributed by atoms with Gasteiger partial charge in [-0.05, 0) is 44.7 Å². The highest BCUT2D eigenvalue weighted by molar-refractivity contribution is 5.80. The van der Waals surface area contributed by atoms with E-state index in [0.29, 0.717) is 18.5 Å². The van der Waals surface area contributed by atoms with Crippen molar-refractivity contribution in [3.8, 4) is 0 Å². The summed E-state index contributed by atoms with van der Waals surface area (Å²) in [5, 5.41) is 6.93. The van der Waals surface area contributed by atoms with Crippen LogP contribution in [0.1, 0.15) is 52.2 Å². The molecular formula is C22H36N4O2. The van der Waals surface area contributed by atoms with Crippen LogP contribution in [0.25, 0.3) is 0 Å². The van der Waals surface area contributed by atoms with Gasteiger partial charge in [0.15, 0.2) is 5.96 Å². The largest absolute Gasteiger partial charge is 0.469 e. The number of hydrogen-bond acceptors (Lipinski definition) is 3. The molecule has 28 heavy (non-hydrogen) atoms. The summed E-state index contributed by atoms with van der Waals surface area (Å²) in [6.45, 7) is 13.1. The highest BCUT2D eigenvalue weighted by atomic mass is 16.3. The molecule has 0 saturated carbocycles. The van der Waals surface area contributed by atoms with E-state index >= 15 is 0 Å². The first-order chi connectivity index (χ1) is 13.5. The summed E-state index contributed by atoms with van der Waals surface area (Å²) in [5.41, 5.74) is 1.03. The van der Waals surface area contributed by atoms with E-state index in [9.17, 15) is 4.79 Å². The Morgan fingerprint density at radius 2 is 2.07 bits per heavy atom. The molecule has 0 unspecified atom stereocenters. The van der Waals surface area contributed by atoms with Gasteiger partial charge in [0.25, 0.3) is 0 Å². The number of amides is 1. The number of aliphatic imine (C=N–C) groups is 1. The molecule has 1 saturated heterocycles. The van der Waals surface area contributed by atoms with Gasteiger partial charge in [-0.2, -0.15) is 0 Å². The summed E-state index contributed by atoms with van der Waals surface area (Å²) in [6, 6.07) is 4.21. The number of guanidine groups is 1. The molecule has 0 bridgehead atoms. The molecule has 0 radical (unpaired) electrons. The van der Waals surface area contributed by atoms with Crippen LogP contribution in [0, 0.1) is 5.92 Å². The highest BCUT2D eigenvalue weighted by Gasteiger charge is 2.26. The fraction of sp³-hybridized carbons (Fsp3) is 0.636. The van der Waals surface area contributed by atoms with E-state index in [2.05, 4.69) is 36.1 Å². The van der Waals surface area contributed by atoms with Crippen molar-refractivity contribution in [2.24, 2.45) is 10.9 Å². The minimum Gasteiger partial charge on any atom is -0.469 e. The minimum absolute atomic E-state index is 0.167. The monoisotopic (exact) mass is 388 g/mol. The van der Waals surface area contributed by atoms with Gasteiger partial charge in [0.05, 0.1) is 12.8 Å². The van der Waals surface area contributed by atoms with E-state index < -0.39 is 0 Å². The third-order valence-electron chi connectivity index (χ3n) is 5.23. The van der Waals surface area contributed by atoms with Crippen molar-refractivity contribution in [1.29, 1.82) is 0 Å². The Labute approximate surface area is 169 Å². The highest BCUT2D eigenvalue weighted by Crippen LogP contribution is 2.17. The van der Waals surface area contributed by atoms with E-state index in [4.69, 9.17) is 4.42 Å². The van der Waals surface area contributed by atoms with Gasteiger partial charge in [-0.1, -0.05) is 26.0 Å². The fourth-order valence-corrected chi connectivity index (χ4v) is 3.46. The van der Waals surface area contributed by atoms with E-state index in [-0.39, 0.29) is 5.92 Å². The van der Waals surface area contributed by atoms with Crippen molar-refractivity contribution in [2.75, 3.05) is 26.2 Å². The predicted octanol–water partition coefficient (Wildman–Crippen LogP) is 3.36. The van der Waals surface area contributed by atoms with Crippen molar-refractivity contribution in [2.45, 2.75) is 58.9 Å². The number of hydrogen-bond donors (Lipinski definition) is 2. The van der Waals surface area contributed by atoms with Crippen molar-refractivity contribution in [1.82, 2.24) is 15.5 Å². The molecular weight excluding hydrogens is 352 g/mol. The molecule has 1 aliphatic heterocycles. The zero-order valence-electron chi connectivity index (χ0n) is 17.7. The Morgan fingerprint density at radius 1 is 1.36 bits per heavy atom. The molecule has 1 aromatic heterocycles. The molecule has 0 aliphatic carbocycles. The molecule has 1 fully saturated rings. The van der Waals surface area contributed by atoms with Crippen LogP contribution in [0.3, 0.4) is 0 Å². The molecule has 0 spiro atoms. The Hall–Kier alpha value is -2.24. The first-order valence-corrected chi connectivity index (χ1v) is 10.5. The minimum atomic E-state index is 0.167. The maximum Gasteiger partial charge on any atom is 0.225 e. The Bertz CT molecular complexity index is 627. The van der Waals surface area contributed by atoms with Gasteiger partial charge in [0.1, 0.15) is 5.76 Å². The fourth-order valence-electron chi connectivity index (χ4n) is 3.46. The Morgan fingerprint density at radius 3 is 2.64 bits per heavy atom. The average Bonchev–Trinajstić information content (AvgIpc) is 3.21. The molecule has 6 nitrogen and oxygen atoms in total.